The lowest BCUT2D eigenvalue weighted by atomic mass is 9.95. The number of H-pyrrole nitrogens is 1. The first-order chi connectivity index (χ1) is 16.5. The van der Waals surface area contributed by atoms with E-state index in [0.29, 0.717) is 28.1 Å². The van der Waals surface area contributed by atoms with Crippen LogP contribution in [0.2, 0.25) is 0 Å². The lowest BCUT2D eigenvalue weighted by Crippen LogP contribution is -2.71. The Morgan fingerprint density at radius 1 is 1.03 bits per heavy atom. The number of benzene rings is 3. The molecule has 0 saturated heterocycles. The molecule has 2 aliphatic heterocycles. The number of carbonyl (C=O) groups excluding carboxylic acids is 1. The standard InChI is InChI=1S/C24H15BrFN5O2S/c25-14-9-10-19-16(11-14)24(22(33)27-19)29-18-8-4-2-6-15(18)20-21(32)28-23(30-31(20)24)34-12-13-5-1-3-7-17(13)26/h1-11H,12H2,(H2,27,28,30,32,33)/p+1/t24-/m0/s1. The topological polar surface area (TPSA) is 90.8 Å². The molecule has 168 valence electrons. The number of rotatable bonds is 3. The van der Waals surface area contributed by atoms with Crippen LogP contribution >= 0.6 is 27.7 Å². The minimum Gasteiger partial charge on any atom is -0.317 e. The van der Waals surface area contributed by atoms with Crippen molar-refractivity contribution in [2.75, 3.05) is 10.6 Å². The second-order valence-electron chi connectivity index (χ2n) is 7.92. The highest BCUT2D eigenvalue weighted by molar-refractivity contribution is 9.10. The molecular formula is C24H16BrFN5O2S+. The fraction of sp³-hybridized carbons (Fsp3) is 0.0833. The summed E-state index contributed by atoms with van der Waals surface area (Å²) in [6.45, 7) is 0. The molecule has 4 aromatic rings. The Bertz CT molecular complexity index is 1560. The van der Waals surface area contributed by atoms with Crippen molar-refractivity contribution in [3.8, 4) is 11.3 Å². The van der Waals surface area contributed by atoms with Crippen LogP contribution in [0.5, 0.6) is 0 Å². The van der Waals surface area contributed by atoms with E-state index in [4.69, 9.17) is 5.10 Å². The van der Waals surface area contributed by atoms with Gasteiger partial charge in [0.2, 0.25) is 5.16 Å². The van der Waals surface area contributed by atoms with E-state index in [1.165, 1.54) is 22.5 Å². The normalized spacial score (nSPS) is 17.5. The average molecular weight is 537 g/mol. The van der Waals surface area contributed by atoms with Gasteiger partial charge in [-0.1, -0.05) is 58.0 Å². The Labute approximate surface area is 205 Å². The largest absolute Gasteiger partial charge is 0.374 e. The predicted octanol–water partition coefficient (Wildman–Crippen LogP) is 4.00. The molecule has 0 unspecified atom stereocenters. The summed E-state index contributed by atoms with van der Waals surface area (Å²) in [4.78, 5) is 29.7. The van der Waals surface area contributed by atoms with Crippen molar-refractivity contribution in [1.82, 2.24) is 10.1 Å². The highest BCUT2D eigenvalue weighted by atomic mass is 79.9. The van der Waals surface area contributed by atoms with Gasteiger partial charge in [0.1, 0.15) is 5.82 Å². The van der Waals surface area contributed by atoms with E-state index >= 15 is 0 Å². The van der Waals surface area contributed by atoms with Crippen LogP contribution in [-0.2, 0) is 16.2 Å². The lowest BCUT2D eigenvalue weighted by Gasteiger charge is -2.28. The maximum Gasteiger partial charge on any atom is 0.374 e. The average Bonchev–Trinajstić information content (AvgIpc) is 3.10. The maximum absolute atomic E-state index is 14.1. The molecule has 1 amide bonds. The van der Waals surface area contributed by atoms with Crippen molar-refractivity contribution in [2.24, 2.45) is 0 Å². The monoisotopic (exact) mass is 536 g/mol. The fourth-order valence-corrected chi connectivity index (χ4v) is 5.56. The Kier molecular flexibility index (Phi) is 4.82. The third-order valence-electron chi connectivity index (χ3n) is 5.92. The van der Waals surface area contributed by atoms with E-state index in [2.05, 4.69) is 31.5 Å². The van der Waals surface area contributed by atoms with E-state index in [9.17, 15) is 14.0 Å². The van der Waals surface area contributed by atoms with E-state index in [1.54, 1.807) is 30.3 Å². The Balaban J connectivity index is 1.56. The van der Waals surface area contributed by atoms with Crippen LogP contribution < -0.4 is 20.9 Å². The predicted molar refractivity (Wildman–Crippen MR) is 130 cm³/mol. The number of nitrogens with one attached hydrogen (secondary N) is 3. The zero-order valence-corrected chi connectivity index (χ0v) is 19.8. The van der Waals surface area contributed by atoms with E-state index in [0.717, 1.165) is 4.47 Å². The molecule has 1 aromatic heterocycles. The van der Waals surface area contributed by atoms with Crippen LogP contribution in [0.1, 0.15) is 11.1 Å². The van der Waals surface area contributed by atoms with Gasteiger partial charge in [-0.25, -0.2) is 4.39 Å². The molecule has 6 rings (SSSR count). The van der Waals surface area contributed by atoms with E-state index in [-0.39, 0.29) is 28.3 Å². The number of anilines is 2. The van der Waals surface area contributed by atoms with Crippen molar-refractivity contribution in [1.29, 1.82) is 0 Å². The molecule has 7 nitrogen and oxygen atoms in total. The summed E-state index contributed by atoms with van der Waals surface area (Å²) in [7, 11) is 0. The van der Waals surface area contributed by atoms with Crippen LogP contribution in [-0.4, -0.2) is 16.0 Å². The summed E-state index contributed by atoms with van der Waals surface area (Å²) in [5, 5.41) is 11.2. The minimum absolute atomic E-state index is 0.257. The highest BCUT2D eigenvalue weighted by Gasteiger charge is 2.62. The first-order valence-corrected chi connectivity index (χ1v) is 12.2. The number of carbonyl (C=O) groups is 1. The number of hydrogen-bond donors (Lipinski definition) is 3. The smallest absolute Gasteiger partial charge is 0.317 e. The second-order valence-corrected chi connectivity index (χ2v) is 9.80. The molecule has 3 aromatic carbocycles. The minimum atomic E-state index is -1.47. The van der Waals surface area contributed by atoms with Crippen molar-refractivity contribution in [3.63, 3.8) is 0 Å². The number of thioether (sulfide) groups is 1. The summed E-state index contributed by atoms with van der Waals surface area (Å²) >= 11 is 4.68. The fourth-order valence-electron chi connectivity index (χ4n) is 4.36. The number of nitrogens with zero attached hydrogens (tertiary/aromatic N) is 2. The molecule has 0 fully saturated rings. The third-order valence-corrected chi connectivity index (χ3v) is 7.33. The van der Waals surface area contributed by atoms with Crippen LogP contribution in [0.15, 0.2) is 81.2 Å². The van der Waals surface area contributed by atoms with Gasteiger partial charge in [-0.05, 0) is 46.6 Å². The Hall–Kier alpha value is -3.50. The lowest BCUT2D eigenvalue weighted by molar-refractivity contribution is -0.781. The number of hydrogen-bond acceptors (Lipinski definition) is 5. The number of para-hydroxylation sites is 1. The number of amides is 1. The zero-order chi connectivity index (χ0) is 23.4. The van der Waals surface area contributed by atoms with Gasteiger partial charge in [0.05, 0.1) is 22.5 Å². The summed E-state index contributed by atoms with van der Waals surface area (Å²) in [6.07, 6.45) is 0. The Morgan fingerprint density at radius 3 is 2.68 bits per heavy atom. The molecule has 3 N–H and O–H groups in total. The maximum atomic E-state index is 14.1. The second kappa shape index (κ2) is 7.78. The molecule has 34 heavy (non-hydrogen) atoms. The first kappa shape index (κ1) is 21.1. The number of fused-ring (bicyclic) bond motifs is 6. The van der Waals surface area contributed by atoms with E-state index in [1.807, 2.05) is 30.3 Å². The van der Waals surface area contributed by atoms with Crippen molar-refractivity contribution >= 4 is 45.0 Å². The molecule has 0 radical (unpaired) electrons. The van der Waals surface area contributed by atoms with Gasteiger partial charge in [0, 0.05) is 15.3 Å². The van der Waals surface area contributed by atoms with Gasteiger partial charge in [0.25, 0.3) is 0 Å². The summed E-state index contributed by atoms with van der Waals surface area (Å²) < 4.78 is 16.4. The first-order valence-electron chi connectivity index (χ1n) is 10.4. The van der Waals surface area contributed by atoms with Crippen LogP contribution in [0.25, 0.3) is 11.3 Å². The summed E-state index contributed by atoms with van der Waals surface area (Å²) in [6, 6.07) is 19.2. The summed E-state index contributed by atoms with van der Waals surface area (Å²) in [5.41, 5.74) is 1.42. The van der Waals surface area contributed by atoms with E-state index < -0.39 is 11.2 Å². The molecule has 2 aliphatic rings. The highest BCUT2D eigenvalue weighted by Crippen LogP contribution is 2.42. The number of aromatic nitrogens is 3. The van der Waals surface area contributed by atoms with Gasteiger partial charge in [-0.2, -0.15) is 0 Å². The van der Waals surface area contributed by atoms with Crippen LogP contribution in [0.4, 0.5) is 15.8 Å². The molecular weight excluding hydrogens is 521 g/mol. The van der Waals surface area contributed by atoms with Gasteiger partial charge < -0.3 is 10.6 Å². The molecule has 0 saturated carbocycles. The molecule has 0 bridgehead atoms. The van der Waals surface area contributed by atoms with Gasteiger partial charge in [-0.15, -0.1) is 0 Å². The van der Waals surface area contributed by atoms with Gasteiger partial charge >= 0.3 is 22.8 Å². The number of aromatic amines is 1. The van der Waals surface area contributed by atoms with Crippen LogP contribution in [0.3, 0.4) is 0 Å². The molecule has 0 aliphatic carbocycles. The van der Waals surface area contributed by atoms with Gasteiger partial charge in [-0.3, -0.25) is 14.6 Å². The SMILES string of the molecule is O=C1Nc2ccc(Br)cc2[C@@]12Nc1ccccc1-c1c(=O)[nH]c(SCc3ccccc3F)n[n+]12. The Morgan fingerprint density at radius 2 is 1.82 bits per heavy atom. The third kappa shape index (κ3) is 3.09. The quantitative estimate of drug-likeness (QED) is 0.272. The van der Waals surface area contributed by atoms with Gasteiger partial charge in [0.15, 0.2) is 0 Å². The summed E-state index contributed by atoms with van der Waals surface area (Å²) in [5.74, 6) is -0.422. The number of halogens is 2. The molecule has 3 heterocycles. The zero-order valence-electron chi connectivity index (χ0n) is 17.4. The van der Waals surface area contributed by atoms with Crippen molar-refractivity contribution < 1.29 is 13.9 Å². The molecule has 1 atom stereocenters. The van der Waals surface area contributed by atoms with Crippen LogP contribution in [0, 0.1) is 5.82 Å². The molecule has 10 heteroatoms. The van der Waals surface area contributed by atoms with Crippen molar-refractivity contribution in [3.05, 3.63) is 98.5 Å². The van der Waals surface area contributed by atoms with Crippen molar-refractivity contribution in [2.45, 2.75) is 16.6 Å². The molecule has 1 spiro atoms.